The fraction of sp³-hybridized carbons (Fsp3) is 0.143. The van der Waals surface area contributed by atoms with Crippen LogP contribution >= 0.6 is 0 Å². The number of morpholine rings is 1. The summed E-state index contributed by atoms with van der Waals surface area (Å²) < 4.78 is 10.2. The van der Waals surface area contributed by atoms with Gasteiger partial charge in [0.15, 0.2) is 17.9 Å². The van der Waals surface area contributed by atoms with Crippen LogP contribution in [0, 0.1) is 0 Å². The molecule has 0 spiro atoms. The third-order valence-corrected chi connectivity index (χ3v) is 5.98. The lowest BCUT2D eigenvalue weighted by molar-refractivity contribution is 0.101. The molecule has 0 saturated carbocycles. The molecule has 2 amide bonds. The van der Waals surface area contributed by atoms with Gasteiger partial charge in [-0.25, -0.2) is 4.98 Å². The summed E-state index contributed by atoms with van der Waals surface area (Å²) in [5.41, 5.74) is 3.84. The van der Waals surface area contributed by atoms with Crippen LogP contribution in [-0.4, -0.2) is 48.9 Å². The number of oxazole rings is 1. The van der Waals surface area contributed by atoms with Gasteiger partial charge in [-0.3, -0.25) is 14.4 Å². The first-order valence-electron chi connectivity index (χ1n) is 11.8. The van der Waals surface area contributed by atoms with Crippen molar-refractivity contribution in [1.29, 1.82) is 0 Å². The molecule has 2 N–H and O–H groups in total. The van der Waals surface area contributed by atoms with E-state index in [1.54, 1.807) is 60.7 Å². The molecule has 5 rings (SSSR count). The van der Waals surface area contributed by atoms with Gasteiger partial charge < -0.3 is 24.7 Å². The van der Waals surface area contributed by atoms with Crippen molar-refractivity contribution < 1.29 is 23.5 Å². The second-order valence-corrected chi connectivity index (χ2v) is 8.41. The molecule has 4 aromatic rings. The number of amides is 2. The zero-order valence-electron chi connectivity index (χ0n) is 19.8. The summed E-state index contributed by atoms with van der Waals surface area (Å²) in [7, 11) is 0. The van der Waals surface area contributed by atoms with E-state index in [4.69, 9.17) is 9.15 Å². The molecule has 3 aromatic carbocycles. The van der Waals surface area contributed by atoms with Gasteiger partial charge in [-0.2, -0.15) is 0 Å². The van der Waals surface area contributed by atoms with Gasteiger partial charge in [0, 0.05) is 46.8 Å². The number of ketones is 1. The number of hydrogen-bond acceptors (Lipinski definition) is 7. The van der Waals surface area contributed by atoms with Crippen LogP contribution in [-0.2, 0) is 4.74 Å². The first-order chi connectivity index (χ1) is 18.1. The van der Waals surface area contributed by atoms with E-state index < -0.39 is 5.91 Å². The number of anilines is 3. The Morgan fingerprint density at radius 3 is 1.78 bits per heavy atom. The lowest BCUT2D eigenvalue weighted by atomic mass is 10.0. The molecule has 0 unspecified atom stereocenters. The highest BCUT2D eigenvalue weighted by atomic mass is 16.5. The highest BCUT2D eigenvalue weighted by Crippen LogP contribution is 2.19. The van der Waals surface area contributed by atoms with Crippen molar-refractivity contribution >= 4 is 34.7 Å². The SMILES string of the molecule is O=C(Nc1ccc(C(=O)c2ccc(NC(=O)c3cocn3)cc2)cc1)c1ccc(N2CCOCC2)cc1. The summed E-state index contributed by atoms with van der Waals surface area (Å²) in [5.74, 6) is -0.805. The largest absolute Gasteiger partial charge is 0.451 e. The average Bonchev–Trinajstić information content (AvgIpc) is 3.50. The van der Waals surface area contributed by atoms with E-state index in [1.807, 2.05) is 12.1 Å². The number of aromatic nitrogens is 1. The summed E-state index contributed by atoms with van der Waals surface area (Å²) >= 11 is 0. The number of benzene rings is 3. The van der Waals surface area contributed by atoms with Gasteiger partial charge in [-0.15, -0.1) is 0 Å². The lowest BCUT2D eigenvalue weighted by Crippen LogP contribution is -2.36. The molecule has 1 aliphatic heterocycles. The summed E-state index contributed by atoms with van der Waals surface area (Å²) in [4.78, 5) is 43.6. The lowest BCUT2D eigenvalue weighted by Gasteiger charge is -2.28. The number of hydrogen-bond donors (Lipinski definition) is 2. The van der Waals surface area contributed by atoms with Crippen LogP contribution in [0.3, 0.4) is 0 Å². The maximum absolute atomic E-state index is 12.9. The van der Waals surface area contributed by atoms with Crippen LogP contribution < -0.4 is 15.5 Å². The maximum Gasteiger partial charge on any atom is 0.277 e. The molecule has 0 radical (unpaired) electrons. The highest BCUT2D eigenvalue weighted by molar-refractivity contribution is 6.10. The van der Waals surface area contributed by atoms with Crippen molar-refractivity contribution in [2.75, 3.05) is 41.8 Å². The molecule has 1 fully saturated rings. The monoisotopic (exact) mass is 496 g/mol. The standard InChI is InChI=1S/C28H24N4O5/c33-26(20-3-9-23(10-4-20)31-28(35)25-17-37-18-29-25)19-1-7-22(8-2-19)30-27(34)21-5-11-24(12-6-21)32-13-15-36-16-14-32/h1-12,17-18H,13-16H2,(H,30,34)(H,31,35). The van der Waals surface area contributed by atoms with E-state index in [-0.39, 0.29) is 17.4 Å². The molecule has 1 saturated heterocycles. The Morgan fingerprint density at radius 1 is 0.703 bits per heavy atom. The molecule has 2 heterocycles. The predicted octanol–water partition coefficient (Wildman–Crippen LogP) is 4.25. The van der Waals surface area contributed by atoms with Crippen molar-refractivity contribution in [3.8, 4) is 0 Å². The Bertz CT molecular complexity index is 1380. The zero-order valence-corrected chi connectivity index (χ0v) is 19.8. The molecule has 186 valence electrons. The third-order valence-electron chi connectivity index (χ3n) is 5.98. The maximum atomic E-state index is 12.9. The van der Waals surface area contributed by atoms with Crippen LogP contribution in [0.1, 0.15) is 36.8 Å². The smallest absolute Gasteiger partial charge is 0.277 e. The Labute approximate surface area is 213 Å². The van der Waals surface area contributed by atoms with Crippen molar-refractivity contribution in [3.05, 3.63) is 108 Å². The normalized spacial score (nSPS) is 13.1. The quantitative estimate of drug-likeness (QED) is 0.368. The Kier molecular flexibility index (Phi) is 7.05. The minimum Gasteiger partial charge on any atom is -0.451 e. The third kappa shape index (κ3) is 5.74. The van der Waals surface area contributed by atoms with Gasteiger partial charge in [0.2, 0.25) is 0 Å². The summed E-state index contributed by atoms with van der Waals surface area (Å²) in [6.07, 6.45) is 2.43. The molecule has 1 aliphatic rings. The van der Waals surface area contributed by atoms with Gasteiger partial charge >= 0.3 is 0 Å². The molecule has 37 heavy (non-hydrogen) atoms. The molecule has 9 heteroatoms. The Hall–Kier alpha value is -4.76. The number of rotatable bonds is 7. The number of nitrogens with zero attached hydrogens (tertiary/aromatic N) is 2. The van der Waals surface area contributed by atoms with Crippen molar-refractivity contribution in [1.82, 2.24) is 4.98 Å². The summed E-state index contributed by atoms with van der Waals surface area (Å²) in [5, 5.41) is 5.55. The highest BCUT2D eigenvalue weighted by Gasteiger charge is 2.14. The van der Waals surface area contributed by atoms with E-state index in [2.05, 4.69) is 20.5 Å². The van der Waals surface area contributed by atoms with E-state index in [0.717, 1.165) is 18.8 Å². The second kappa shape index (κ2) is 10.9. The number of nitrogens with one attached hydrogen (secondary N) is 2. The predicted molar refractivity (Wildman–Crippen MR) is 138 cm³/mol. The molecule has 1 aromatic heterocycles. The molecular formula is C28H24N4O5. The van der Waals surface area contributed by atoms with E-state index in [1.165, 1.54) is 12.7 Å². The van der Waals surface area contributed by atoms with Crippen molar-refractivity contribution in [2.45, 2.75) is 0 Å². The topological polar surface area (TPSA) is 114 Å². The van der Waals surface area contributed by atoms with Gasteiger partial charge in [0.1, 0.15) is 6.26 Å². The Morgan fingerprint density at radius 2 is 1.24 bits per heavy atom. The fourth-order valence-electron chi connectivity index (χ4n) is 3.94. The van der Waals surface area contributed by atoms with Crippen LogP contribution in [0.25, 0.3) is 0 Å². The molecular weight excluding hydrogens is 472 g/mol. The number of carbonyl (C=O) groups is 3. The molecule has 0 bridgehead atoms. The van der Waals surface area contributed by atoms with Gasteiger partial charge in [-0.1, -0.05) is 0 Å². The fourth-order valence-corrected chi connectivity index (χ4v) is 3.94. The van der Waals surface area contributed by atoms with Crippen LogP contribution in [0.4, 0.5) is 17.1 Å². The number of carbonyl (C=O) groups excluding carboxylic acids is 3. The average molecular weight is 497 g/mol. The Balaban J connectivity index is 1.18. The first kappa shape index (κ1) is 24.0. The van der Waals surface area contributed by atoms with E-state index in [0.29, 0.717) is 41.3 Å². The first-order valence-corrected chi connectivity index (χ1v) is 11.8. The van der Waals surface area contributed by atoms with E-state index in [9.17, 15) is 14.4 Å². The zero-order chi connectivity index (χ0) is 25.6. The summed E-state index contributed by atoms with van der Waals surface area (Å²) in [6.45, 7) is 3.08. The van der Waals surface area contributed by atoms with E-state index >= 15 is 0 Å². The molecule has 0 atom stereocenters. The number of ether oxygens (including phenoxy) is 1. The van der Waals surface area contributed by atoms with Crippen LogP contribution in [0.2, 0.25) is 0 Å². The van der Waals surface area contributed by atoms with Gasteiger partial charge in [-0.05, 0) is 72.8 Å². The van der Waals surface area contributed by atoms with Crippen molar-refractivity contribution in [2.24, 2.45) is 0 Å². The van der Waals surface area contributed by atoms with Crippen molar-refractivity contribution in [3.63, 3.8) is 0 Å². The van der Waals surface area contributed by atoms with Crippen LogP contribution in [0.5, 0.6) is 0 Å². The molecule has 9 nitrogen and oxygen atoms in total. The van der Waals surface area contributed by atoms with Gasteiger partial charge in [0.05, 0.1) is 13.2 Å². The van der Waals surface area contributed by atoms with Crippen LogP contribution in [0.15, 0.2) is 89.9 Å². The van der Waals surface area contributed by atoms with Gasteiger partial charge in [0.25, 0.3) is 11.8 Å². The summed E-state index contributed by atoms with van der Waals surface area (Å²) in [6, 6.07) is 20.8. The second-order valence-electron chi connectivity index (χ2n) is 8.41. The molecule has 0 aliphatic carbocycles. The minimum atomic E-state index is -0.404. The minimum absolute atomic E-state index is 0.164.